The van der Waals surface area contributed by atoms with Crippen molar-refractivity contribution in [1.29, 1.82) is 0 Å². The predicted octanol–water partition coefficient (Wildman–Crippen LogP) is 1.99. The number of hydrogen-bond donors (Lipinski definition) is 2. The van der Waals surface area contributed by atoms with Gasteiger partial charge in [-0.05, 0) is 12.8 Å². The van der Waals surface area contributed by atoms with E-state index in [-0.39, 0.29) is 36.9 Å². The first-order valence-corrected chi connectivity index (χ1v) is 7.94. The fourth-order valence-electron chi connectivity index (χ4n) is 1.67. The topological polar surface area (TPSA) is 52.0 Å². The van der Waals surface area contributed by atoms with E-state index in [1.807, 2.05) is 0 Å². The third kappa shape index (κ3) is 5.23. The Kier molecular flexibility index (Phi) is 7.77. The van der Waals surface area contributed by atoms with Gasteiger partial charge in [-0.25, -0.2) is 0 Å². The molecule has 1 heterocycles. The summed E-state index contributed by atoms with van der Waals surface area (Å²) in [5.74, 6) is 0. The van der Waals surface area contributed by atoms with E-state index in [9.17, 15) is 0 Å². The molecule has 0 aromatic rings. The van der Waals surface area contributed by atoms with Crippen LogP contribution in [-0.4, -0.2) is 20.2 Å². The second-order valence-electron chi connectivity index (χ2n) is 4.57. The molecule has 0 amide bonds. The summed E-state index contributed by atoms with van der Waals surface area (Å²) >= 11 is 0. The largest absolute Gasteiger partial charge is 0.326 e. The summed E-state index contributed by atoms with van der Waals surface area (Å²) in [4.78, 5) is 0. The summed E-state index contributed by atoms with van der Waals surface area (Å²) in [7, 11) is -0.884. The molecule has 13 heavy (non-hydrogen) atoms. The molecule has 82 valence electrons. The molecule has 0 spiro atoms. The van der Waals surface area contributed by atoms with Crippen LogP contribution in [0, 0.1) is 0 Å². The molecule has 1 aliphatic rings. The Morgan fingerprint density at radius 2 is 1.23 bits per heavy atom. The lowest BCUT2D eigenvalue weighted by molar-refractivity contribution is 0.510. The molecule has 1 aliphatic heterocycles. The summed E-state index contributed by atoms with van der Waals surface area (Å²) in [6, 6.07) is 3.26. The standard InChI is InChI=1S/C8H20N2Si.2ClH/c1-11(2)5-3-7(9)8(10)4-6-11;;/h7-8H,3-6,9-10H2,1-2H3;2*1H/t7-,8-;;/m0../s1. The highest BCUT2D eigenvalue weighted by Gasteiger charge is 2.28. The number of halogens is 2. The monoisotopic (exact) mass is 244 g/mol. The van der Waals surface area contributed by atoms with Gasteiger partial charge in [-0.3, -0.25) is 0 Å². The van der Waals surface area contributed by atoms with E-state index in [4.69, 9.17) is 11.5 Å². The second-order valence-corrected chi connectivity index (χ2v) is 9.90. The molecule has 0 radical (unpaired) electrons. The van der Waals surface area contributed by atoms with Gasteiger partial charge in [0.25, 0.3) is 0 Å². The maximum atomic E-state index is 5.90. The molecule has 4 N–H and O–H groups in total. The first-order chi connectivity index (χ1) is 5.01. The van der Waals surface area contributed by atoms with E-state index < -0.39 is 8.07 Å². The van der Waals surface area contributed by atoms with Crippen molar-refractivity contribution in [3.8, 4) is 0 Å². The van der Waals surface area contributed by atoms with Crippen molar-refractivity contribution in [2.45, 2.75) is 50.1 Å². The van der Waals surface area contributed by atoms with Crippen LogP contribution in [0.4, 0.5) is 0 Å². The van der Waals surface area contributed by atoms with E-state index in [0.717, 1.165) is 12.8 Å². The minimum atomic E-state index is -0.884. The SMILES string of the molecule is C[Si]1(C)CC[C@H](N)[C@@H](N)CC1.Cl.Cl. The maximum absolute atomic E-state index is 5.90. The number of rotatable bonds is 0. The van der Waals surface area contributed by atoms with Crippen LogP contribution in [0.2, 0.25) is 25.2 Å². The molecule has 5 heteroatoms. The normalized spacial score (nSPS) is 32.3. The van der Waals surface area contributed by atoms with Gasteiger partial charge in [-0.2, -0.15) is 0 Å². The van der Waals surface area contributed by atoms with Gasteiger partial charge in [0.05, 0.1) is 0 Å². The zero-order valence-electron chi connectivity index (χ0n) is 8.45. The van der Waals surface area contributed by atoms with Crippen molar-refractivity contribution in [2.75, 3.05) is 0 Å². The molecule has 1 fully saturated rings. The molecule has 0 bridgehead atoms. The van der Waals surface area contributed by atoms with Crippen LogP contribution in [-0.2, 0) is 0 Å². The van der Waals surface area contributed by atoms with Crippen LogP contribution in [0.3, 0.4) is 0 Å². The quantitative estimate of drug-likeness (QED) is 0.641. The first-order valence-electron chi connectivity index (χ1n) is 4.52. The van der Waals surface area contributed by atoms with Gasteiger partial charge in [0, 0.05) is 20.2 Å². The molecule has 0 aromatic heterocycles. The van der Waals surface area contributed by atoms with Crippen LogP contribution in [0.1, 0.15) is 12.8 Å². The van der Waals surface area contributed by atoms with Crippen molar-refractivity contribution in [1.82, 2.24) is 0 Å². The molecule has 2 nitrogen and oxygen atoms in total. The second kappa shape index (κ2) is 6.25. The molecule has 0 aliphatic carbocycles. The van der Waals surface area contributed by atoms with Crippen LogP contribution >= 0.6 is 24.8 Å². The molecule has 0 aromatic carbocycles. The lowest BCUT2D eigenvalue weighted by Gasteiger charge is -2.18. The number of nitrogens with two attached hydrogens (primary N) is 2. The Morgan fingerprint density at radius 3 is 1.54 bits per heavy atom. The molecule has 0 unspecified atom stereocenters. The van der Waals surface area contributed by atoms with Gasteiger partial charge in [0.1, 0.15) is 0 Å². The van der Waals surface area contributed by atoms with Gasteiger partial charge in [-0.15, -0.1) is 24.8 Å². The van der Waals surface area contributed by atoms with Crippen LogP contribution < -0.4 is 11.5 Å². The molecule has 0 saturated carbocycles. The number of hydrogen-bond acceptors (Lipinski definition) is 2. The first kappa shape index (κ1) is 16.2. The lowest BCUT2D eigenvalue weighted by atomic mass is 10.1. The van der Waals surface area contributed by atoms with Gasteiger partial charge < -0.3 is 11.5 Å². The van der Waals surface area contributed by atoms with Crippen LogP contribution in [0.5, 0.6) is 0 Å². The average molecular weight is 245 g/mol. The van der Waals surface area contributed by atoms with E-state index >= 15 is 0 Å². The van der Waals surface area contributed by atoms with E-state index in [1.54, 1.807) is 0 Å². The van der Waals surface area contributed by atoms with Crippen molar-refractivity contribution in [2.24, 2.45) is 11.5 Å². The van der Waals surface area contributed by atoms with Crippen molar-refractivity contribution < 1.29 is 0 Å². The minimum Gasteiger partial charge on any atom is -0.326 e. The molecular weight excluding hydrogens is 223 g/mol. The van der Waals surface area contributed by atoms with Gasteiger partial charge >= 0.3 is 0 Å². The smallest absolute Gasteiger partial charge is 0.0474 e. The van der Waals surface area contributed by atoms with E-state index in [0.29, 0.717) is 0 Å². The third-order valence-electron chi connectivity index (χ3n) is 2.86. The summed E-state index contributed by atoms with van der Waals surface area (Å²) in [5, 5.41) is 0. The fourth-order valence-corrected chi connectivity index (χ4v) is 4.15. The minimum absolute atomic E-state index is 0. The zero-order chi connectivity index (χ0) is 8.48. The van der Waals surface area contributed by atoms with Gasteiger partial charge in [0.15, 0.2) is 0 Å². The highest BCUT2D eigenvalue weighted by atomic mass is 35.5. The Bertz CT molecular complexity index is 130. The van der Waals surface area contributed by atoms with Crippen LogP contribution in [0.15, 0.2) is 0 Å². The summed E-state index contributed by atoms with van der Waals surface area (Å²) in [6.07, 6.45) is 2.31. The Balaban J connectivity index is 0. The van der Waals surface area contributed by atoms with Crippen molar-refractivity contribution in [3.05, 3.63) is 0 Å². The molecular formula is C8H22Cl2N2Si. The summed E-state index contributed by atoms with van der Waals surface area (Å²) in [6.45, 7) is 4.88. The lowest BCUT2D eigenvalue weighted by Crippen LogP contribution is -2.39. The third-order valence-corrected chi connectivity index (χ3v) is 6.14. The van der Waals surface area contributed by atoms with Crippen molar-refractivity contribution >= 4 is 32.9 Å². The summed E-state index contributed by atoms with van der Waals surface area (Å²) in [5.41, 5.74) is 11.8. The Labute approximate surface area is 94.7 Å². The molecule has 1 saturated heterocycles. The van der Waals surface area contributed by atoms with Gasteiger partial charge in [0.2, 0.25) is 0 Å². The molecule has 1 rings (SSSR count). The van der Waals surface area contributed by atoms with E-state index in [1.165, 1.54) is 12.1 Å². The predicted molar refractivity (Wildman–Crippen MR) is 66.8 cm³/mol. The Morgan fingerprint density at radius 1 is 0.923 bits per heavy atom. The highest BCUT2D eigenvalue weighted by Crippen LogP contribution is 2.25. The zero-order valence-corrected chi connectivity index (χ0v) is 11.1. The molecule has 2 atom stereocenters. The van der Waals surface area contributed by atoms with Crippen molar-refractivity contribution in [3.63, 3.8) is 0 Å². The van der Waals surface area contributed by atoms with Crippen LogP contribution in [0.25, 0.3) is 0 Å². The fraction of sp³-hybridized carbons (Fsp3) is 1.00. The summed E-state index contributed by atoms with van der Waals surface area (Å²) < 4.78 is 0. The van der Waals surface area contributed by atoms with Gasteiger partial charge in [-0.1, -0.05) is 25.2 Å². The maximum Gasteiger partial charge on any atom is 0.0474 e. The van der Waals surface area contributed by atoms with E-state index in [2.05, 4.69) is 13.1 Å². The average Bonchev–Trinajstić information content (AvgIpc) is 2.03. The Hall–Kier alpha value is 0.717. The highest BCUT2D eigenvalue weighted by molar-refractivity contribution is 6.77.